The predicted octanol–water partition coefficient (Wildman–Crippen LogP) is 6.64. The van der Waals surface area contributed by atoms with Gasteiger partial charge in [0.2, 0.25) is 16.7 Å². The molecule has 0 spiro atoms. The van der Waals surface area contributed by atoms with Crippen molar-refractivity contribution in [2.45, 2.75) is 20.8 Å². The number of fused-ring (bicyclic) bond motifs is 2. The molecule has 1 unspecified atom stereocenters. The Labute approximate surface area is 188 Å². The lowest BCUT2D eigenvalue weighted by Gasteiger charge is -2.16. The van der Waals surface area contributed by atoms with Gasteiger partial charge >= 0.3 is 0 Å². The van der Waals surface area contributed by atoms with Crippen LogP contribution in [-0.4, -0.2) is 0 Å². The topological polar surface area (TPSA) is 3.88 Å². The minimum absolute atomic E-state index is 0.261. The second-order valence-corrected chi connectivity index (χ2v) is 9.07. The number of hydrogen-bond acceptors (Lipinski definition) is 0. The van der Waals surface area contributed by atoms with E-state index in [0.29, 0.717) is 0 Å². The van der Waals surface area contributed by atoms with E-state index in [-0.39, 0.29) is 11.6 Å². The number of nitrogens with zero attached hydrogens (tertiary/aromatic N) is 1. The third-order valence-corrected chi connectivity index (χ3v) is 6.41. The molecule has 1 heterocycles. The van der Waals surface area contributed by atoms with Crippen LogP contribution in [0.25, 0.3) is 38.6 Å². The van der Waals surface area contributed by atoms with Crippen LogP contribution in [0.1, 0.15) is 16.7 Å². The van der Waals surface area contributed by atoms with Crippen molar-refractivity contribution < 1.29 is 13.3 Å². The Kier molecular flexibility index (Phi) is 5.03. The summed E-state index contributed by atoms with van der Waals surface area (Å²) >= 11 is 0. The molecule has 5 rings (SSSR count). The van der Waals surface area contributed by atoms with Crippen molar-refractivity contribution in [3.05, 3.63) is 101 Å². The molecule has 0 fully saturated rings. The van der Waals surface area contributed by atoms with Crippen molar-refractivity contribution in [1.29, 1.82) is 0 Å². The molecule has 0 bridgehead atoms. The van der Waals surface area contributed by atoms with Crippen LogP contribution in [-0.2, 0) is 0 Å². The number of hydrogen-bond donors (Lipinski definition) is 0. The fourth-order valence-corrected chi connectivity index (χ4v) is 4.89. The Morgan fingerprint density at radius 1 is 0.625 bits per heavy atom. The molecule has 0 radical (unpaired) electrons. The zero-order valence-electron chi connectivity index (χ0n) is 18.2. The van der Waals surface area contributed by atoms with Crippen LogP contribution in [0.5, 0.6) is 0 Å². The van der Waals surface area contributed by atoms with Gasteiger partial charge in [-0.3, -0.25) is 0 Å². The number of rotatable bonds is 2. The van der Waals surface area contributed by atoms with E-state index in [1.807, 2.05) is 32.0 Å². The summed E-state index contributed by atoms with van der Waals surface area (Å²) in [6, 6.07) is 22.6. The average Bonchev–Trinajstić information content (AvgIpc) is 2.74. The van der Waals surface area contributed by atoms with Crippen LogP contribution in [0.15, 0.2) is 72.8 Å². The summed E-state index contributed by atoms with van der Waals surface area (Å²) in [6.45, 7) is 5.88. The van der Waals surface area contributed by atoms with Gasteiger partial charge in [0.1, 0.15) is 11.6 Å². The highest BCUT2D eigenvalue weighted by molar-refractivity contribution is 7.27. The first-order valence-electron chi connectivity index (χ1n) is 10.5. The molecule has 4 aromatic carbocycles. The molecule has 1 aromatic heterocycles. The van der Waals surface area contributed by atoms with Crippen molar-refractivity contribution in [3.63, 3.8) is 0 Å². The molecule has 0 amide bonds. The molecule has 158 valence electrons. The summed E-state index contributed by atoms with van der Waals surface area (Å²) in [6.07, 6.45) is 0. The van der Waals surface area contributed by atoms with E-state index in [2.05, 4.69) is 51.1 Å². The van der Waals surface area contributed by atoms with Gasteiger partial charge in [-0.15, -0.1) is 9.24 Å². The largest absolute Gasteiger partial charge is 0.219 e. The van der Waals surface area contributed by atoms with E-state index >= 15 is 0 Å². The zero-order valence-corrected chi connectivity index (χ0v) is 19.4. The second kappa shape index (κ2) is 7.76. The van der Waals surface area contributed by atoms with Crippen LogP contribution in [0.2, 0.25) is 0 Å². The van der Waals surface area contributed by atoms with Gasteiger partial charge in [0.05, 0.1) is 10.8 Å². The SMILES string of the molecule is Cc1ccc2c(c1)c(-c1c(C)cc(F)cc1C)c1cc(F)ccc1[n+]2-c1ccc(P)cc1. The normalized spacial score (nSPS) is 11.4. The van der Waals surface area contributed by atoms with Gasteiger partial charge in [-0.05, 0) is 85.2 Å². The highest BCUT2D eigenvalue weighted by atomic mass is 31.0. The van der Waals surface area contributed by atoms with Gasteiger partial charge < -0.3 is 0 Å². The molecule has 0 aliphatic rings. The van der Waals surface area contributed by atoms with Gasteiger partial charge in [-0.25, -0.2) is 8.78 Å². The van der Waals surface area contributed by atoms with E-state index in [0.717, 1.165) is 60.6 Å². The Morgan fingerprint density at radius 2 is 1.22 bits per heavy atom. The summed E-state index contributed by atoms with van der Waals surface area (Å²) < 4.78 is 30.9. The number of benzene rings is 4. The van der Waals surface area contributed by atoms with E-state index in [1.165, 1.54) is 6.07 Å². The van der Waals surface area contributed by atoms with Crippen molar-refractivity contribution in [1.82, 2.24) is 0 Å². The lowest BCUT2D eigenvalue weighted by molar-refractivity contribution is -0.537. The van der Waals surface area contributed by atoms with Crippen LogP contribution in [0.3, 0.4) is 0 Å². The maximum absolute atomic E-state index is 14.6. The molecule has 0 saturated carbocycles. The third-order valence-electron chi connectivity index (χ3n) is 6.03. The van der Waals surface area contributed by atoms with Crippen LogP contribution in [0, 0.1) is 32.4 Å². The Hall–Kier alpha value is -3.16. The predicted molar refractivity (Wildman–Crippen MR) is 132 cm³/mol. The highest BCUT2D eigenvalue weighted by Gasteiger charge is 2.25. The quantitative estimate of drug-likeness (QED) is 0.164. The summed E-state index contributed by atoms with van der Waals surface area (Å²) in [4.78, 5) is 0. The number of pyridine rings is 1. The molecule has 0 N–H and O–H groups in total. The first-order chi connectivity index (χ1) is 15.3. The Balaban J connectivity index is 2.04. The summed E-state index contributed by atoms with van der Waals surface area (Å²) in [5.41, 5.74) is 7.58. The van der Waals surface area contributed by atoms with E-state index in [4.69, 9.17) is 0 Å². The van der Waals surface area contributed by atoms with Gasteiger partial charge in [-0.1, -0.05) is 11.6 Å². The minimum Gasteiger partial charge on any atom is -0.207 e. The average molecular weight is 442 g/mol. The smallest absolute Gasteiger partial charge is 0.207 e. The molecule has 5 aromatic rings. The first-order valence-corrected chi connectivity index (χ1v) is 11.1. The van der Waals surface area contributed by atoms with Gasteiger partial charge in [0, 0.05) is 29.8 Å². The molecule has 0 aliphatic heterocycles. The van der Waals surface area contributed by atoms with Crippen LogP contribution >= 0.6 is 9.24 Å². The molecular formula is C28H23F2NP+. The molecule has 0 saturated heterocycles. The Morgan fingerprint density at radius 3 is 1.88 bits per heavy atom. The molecule has 1 nitrogen and oxygen atoms in total. The van der Waals surface area contributed by atoms with Gasteiger partial charge in [0.15, 0.2) is 0 Å². The third kappa shape index (κ3) is 3.38. The fourth-order valence-electron chi connectivity index (χ4n) is 4.70. The Bertz CT molecular complexity index is 1440. The van der Waals surface area contributed by atoms with Gasteiger partial charge in [0.25, 0.3) is 0 Å². The van der Waals surface area contributed by atoms with E-state index in [9.17, 15) is 8.78 Å². The lowest BCUT2D eigenvalue weighted by Crippen LogP contribution is -2.33. The van der Waals surface area contributed by atoms with Crippen molar-refractivity contribution in [2.75, 3.05) is 0 Å². The summed E-state index contributed by atoms with van der Waals surface area (Å²) in [7, 11) is 2.71. The lowest BCUT2D eigenvalue weighted by atomic mass is 9.89. The fraction of sp³-hybridized carbons (Fsp3) is 0.107. The van der Waals surface area contributed by atoms with E-state index in [1.54, 1.807) is 18.2 Å². The molecule has 1 atom stereocenters. The second-order valence-electron chi connectivity index (χ2n) is 8.40. The maximum atomic E-state index is 14.6. The first kappa shape index (κ1) is 20.7. The molecular weight excluding hydrogens is 419 g/mol. The van der Waals surface area contributed by atoms with Crippen LogP contribution in [0.4, 0.5) is 8.78 Å². The standard InChI is InChI=1S/C28H23F2NP/c1-16-4-10-25-23(12-16)28(27-17(2)13-20(30)14-18(27)3)24-15-19(29)5-11-26(24)31(25)21-6-8-22(32)9-7-21/h4-15H,32H2,1-3H3/q+1. The summed E-state index contributed by atoms with van der Waals surface area (Å²) in [5, 5.41) is 2.91. The highest BCUT2D eigenvalue weighted by Crippen LogP contribution is 2.39. The van der Waals surface area contributed by atoms with Gasteiger partial charge in [-0.2, -0.15) is 4.57 Å². The maximum Gasteiger partial charge on any atom is 0.219 e. The summed E-state index contributed by atoms with van der Waals surface area (Å²) in [5.74, 6) is -0.557. The zero-order chi connectivity index (χ0) is 22.6. The van der Waals surface area contributed by atoms with E-state index < -0.39 is 0 Å². The van der Waals surface area contributed by atoms with Crippen molar-refractivity contribution >= 4 is 36.4 Å². The van der Waals surface area contributed by atoms with Crippen molar-refractivity contribution in [2.24, 2.45) is 0 Å². The molecule has 4 heteroatoms. The van der Waals surface area contributed by atoms with Crippen LogP contribution < -0.4 is 9.87 Å². The number of aryl methyl sites for hydroxylation is 3. The molecule has 32 heavy (non-hydrogen) atoms. The monoisotopic (exact) mass is 442 g/mol. The van der Waals surface area contributed by atoms with Crippen molar-refractivity contribution in [3.8, 4) is 16.8 Å². The number of halogens is 2. The minimum atomic E-state index is -0.296. The number of aromatic nitrogens is 1. The molecule has 0 aliphatic carbocycles.